The predicted molar refractivity (Wildman–Crippen MR) is 97.4 cm³/mol. The van der Waals surface area contributed by atoms with E-state index < -0.39 is 0 Å². The van der Waals surface area contributed by atoms with Gasteiger partial charge in [0.1, 0.15) is 0 Å². The van der Waals surface area contributed by atoms with Gasteiger partial charge in [0, 0.05) is 18.4 Å². The molecule has 1 fully saturated rings. The van der Waals surface area contributed by atoms with Gasteiger partial charge in [0.05, 0.1) is 20.6 Å². The quantitative estimate of drug-likeness (QED) is 0.800. The molecule has 3 rings (SSSR count). The minimum atomic E-state index is -0.171. The lowest BCUT2D eigenvalue weighted by atomic mass is 10.3. The van der Waals surface area contributed by atoms with E-state index in [4.69, 9.17) is 23.2 Å². The van der Waals surface area contributed by atoms with Gasteiger partial charge in [0.2, 0.25) is 0 Å². The summed E-state index contributed by atoms with van der Waals surface area (Å²) < 4.78 is 2.06. The van der Waals surface area contributed by atoms with Gasteiger partial charge in [-0.3, -0.25) is 4.79 Å². The molecular weight excluding hydrogens is 353 g/mol. The lowest BCUT2D eigenvalue weighted by Crippen LogP contribution is -2.19. The van der Waals surface area contributed by atoms with Crippen LogP contribution in [0.15, 0.2) is 46.4 Å². The van der Waals surface area contributed by atoms with Crippen molar-refractivity contribution in [2.45, 2.75) is 13.5 Å². The Balaban J connectivity index is 1.88. The number of hydrogen-bond acceptors (Lipinski definition) is 3. The number of aryl methyl sites for hydroxylation is 1. The van der Waals surface area contributed by atoms with Gasteiger partial charge in [-0.25, -0.2) is 4.99 Å². The Morgan fingerprint density at radius 1 is 1.30 bits per heavy atom. The molecular formula is C16H13Cl2N3OS. The number of carbonyl (C=O) groups is 1. The summed E-state index contributed by atoms with van der Waals surface area (Å²) in [6, 6.07) is 9.12. The molecule has 118 valence electrons. The molecule has 1 aromatic carbocycles. The maximum absolute atomic E-state index is 12.1. The van der Waals surface area contributed by atoms with E-state index in [0.29, 0.717) is 25.8 Å². The van der Waals surface area contributed by atoms with Crippen LogP contribution in [0.25, 0.3) is 6.08 Å². The standard InChI is InChI=1S/C16H13Cl2N3OS/c1-2-21-8-4-5-10(21)9-13-15(22)20-16(23-13)19-12-7-3-6-11(17)14(12)18/h3-9H,2H2,1H3,(H,19,20,22)/b13-9+. The van der Waals surface area contributed by atoms with Crippen LogP contribution in [-0.4, -0.2) is 15.6 Å². The third kappa shape index (κ3) is 3.47. The molecule has 0 unspecified atom stereocenters. The largest absolute Gasteiger partial charge is 0.348 e. The summed E-state index contributed by atoms with van der Waals surface area (Å²) in [5.74, 6) is -0.171. The molecule has 23 heavy (non-hydrogen) atoms. The minimum Gasteiger partial charge on any atom is -0.348 e. The lowest BCUT2D eigenvalue weighted by Gasteiger charge is -2.01. The summed E-state index contributed by atoms with van der Waals surface area (Å²) >= 11 is 13.4. The number of halogens is 2. The predicted octanol–water partition coefficient (Wildman–Crippen LogP) is 4.71. The molecule has 1 N–H and O–H groups in total. The van der Waals surface area contributed by atoms with E-state index in [-0.39, 0.29) is 5.91 Å². The van der Waals surface area contributed by atoms with Crippen LogP contribution in [0.4, 0.5) is 5.69 Å². The number of aromatic nitrogens is 1. The fourth-order valence-electron chi connectivity index (χ4n) is 2.15. The number of aliphatic imine (C=N–C) groups is 1. The van der Waals surface area contributed by atoms with E-state index in [1.54, 1.807) is 18.2 Å². The molecule has 4 nitrogen and oxygen atoms in total. The number of carbonyl (C=O) groups excluding carboxylic acids is 1. The zero-order chi connectivity index (χ0) is 16.4. The smallest absolute Gasteiger partial charge is 0.264 e. The Hall–Kier alpha value is -1.69. The maximum atomic E-state index is 12.1. The van der Waals surface area contributed by atoms with Crippen molar-refractivity contribution in [2.24, 2.45) is 4.99 Å². The van der Waals surface area contributed by atoms with Gasteiger partial charge in [-0.15, -0.1) is 0 Å². The summed E-state index contributed by atoms with van der Waals surface area (Å²) in [6.45, 7) is 2.90. The molecule has 1 aliphatic heterocycles. The number of thioether (sulfide) groups is 1. The molecule has 1 aliphatic rings. The molecule has 0 spiro atoms. The molecule has 1 saturated heterocycles. The number of hydrogen-bond donors (Lipinski definition) is 1. The zero-order valence-electron chi connectivity index (χ0n) is 12.2. The Morgan fingerprint density at radius 2 is 2.13 bits per heavy atom. The number of amidine groups is 1. The number of amides is 1. The Bertz CT molecular complexity index is 826. The summed E-state index contributed by atoms with van der Waals surface area (Å²) in [4.78, 5) is 17.1. The maximum Gasteiger partial charge on any atom is 0.264 e. The molecule has 0 atom stereocenters. The van der Waals surface area contributed by atoms with Crippen molar-refractivity contribution < 1.29 is 4.79 Å². The normalized spacial score (nSPS) is 18.0. The number of nitrogens with zero attached hydrogens (tertiary/aromatic N) is 2. The highest BCUT2D eigenvalue weighted by Crippen LogP contribution is 2.34. The highest BCUT2D eigenvalue weighted by Gasteiger charge is 2.24. The summed E-state index contributed by atoms with van der Waals surface area (Å²) in [6.07, 6.45) is 3.83. The first kappa shape index (κ1) is 16.2. The minimum absolute atomic E-state index is 0.171. The van der Waals surface area contributed by atoms with Crippen LogP contribution in [0.2, 0.25) is 10.0 Å². The van der Waals surface area contributed by atoms with Crippen LogP contribution >= 0.6 is 35.0 Å². The highest BCUT2D eigenvalue weighted by molar-refractivity contribution is 8.18. The second kappa shape index (κ2) is 6.83. The van der Waals surface area contributed by atoms with Crippen LogP contribution in [0.1, 0.15) is 12.6 Å². The fourth-order valence-corrected chi connectivity index (χ4v) is 3.31. The average Bonchev–Trinajstić information content (AvgIpc) is 3.11. The Kier molecular flexibility index (Phi) is 4.80. The molecule has 1 amide bonds. The van der Waals surface area contributed by atoms with Crippen LogP contribution in [0.3, 0.4) is 0 Å². The van der Waals surface area contributed by atoms with Gasteiger partial charge in [-0.05, 0) is 49.0 Å². The topological polar surface area (TPSA) is 46.4 Å². The fraction of sp³-hybridized carbons (Fsp3) is 0.125. The first-order valence-corrected chi connectivity index (χ1v) is 8.54. The number of benzene rings is 1. The van der Waals surface area contributed by atoms with E-state index in [0.717, 1.165) is 12.2 Å². The first-order valence-electron chi connectivity index (χ1n) is 6.97. The van der Waals surface area contributed by atoms with Crippen LogP contribution < -0.4 is 5.32 Å². The Morgan fingerprint density at radius 3 is 2.91 bits per heavy atom. The molecule has 0 radical (unpaired) electrons. The molecule has 0 bridgehead atoms. The van der Waals surface area contributed by atoms with Crippen molar-refractivity contribution in [3.63, 3.8) is 0 Å². The van der Waals surface area contributed by atoms with E-state index in [1.807, 2.05) is 24.4 Å². The van der Waals surface area contributed by atoms with Gasteiger partial charge < -0.3 is 9.88 Å². The van der Waals surface area contributed by atoms with Crippen molar-refractivity contribution in [3.8, 4) is 0 Å². The van der Waals surface area contributed by atoms with Gasteiger partial charge in [0.15, 0.2) is 5.17 Å². The van der Waals surface area contributed by atoms with E-state index in [9.17, 15) is 4.79 Å². The van der Waals surface area contributed by atoms with Gasteiger partial charge >= 0.3 is 0 Å². The molecule has 7 heteroatoms. The third-order valence-electron chi connectivity index (χ3n) is 3.29. The van der Waals surface area contributed by atoms with E-state index in [1.165, 1.54) is 11.8 Å². The highest BCUT2D eigenvalue weighted by atomic mass is 35.5. The lowest BCUT2D eigenvalue weighted by molar-refractivity contribution is -0.115. The van der Waals surface area contributed by atoms with Gasteiger partial charge in [0.25, 0.3) is 5.91 Å². The number of rotatable bonds is 3. The molecule has 1 aromatic heterocycles. The van der Waals surface area contributed by atoms with Crippen molar-refractivity contribution in [3.05, 3.63) is 57.2 Å². The Labute approximate surface area is 148 Å². The monoisotopic (exact) mass is 365 g/mol. The second-order valence-electron chi connectivity index (χ2n) is 4.77. The summed E-state index contributed by atoms with van der Waals surface area (Å²) in [7, 11) is 0. The zero-order valence-corrected chi connectivity index (χ0v) is 14.5. The SMILES string of the molecule is CCn1cccc1/C=C1/SC(=Nc2cccc(Cl)c2Cl)NC1=O. The van der Waals surface area contributed by atoms with E-state index in [2.05, 4.69) is 21.8 Å². The van der Waals surface area contributed by atoms with Crippen molar-refractivity contribution in [1.29, 1.82) is 0 Å². The summed E-state index contributed by atoms with van der Waals surface area (Å²) in [5, 5.41) is 4.03. The second-order valence-corrected chi connectivity index (χ2v) is 6.59. The molecule has 0 saturated carbocycles. The molecule has 2 heterocycles. The van der Waals surface area contributed by atoms with Gasteiger partial charge in [-0.1, -0.05) is 29.3 Å². The van der Waals surface area contributed by atoms with Crippen molar-refractivity contribution >= 4 is 57.8 Å². The van der Waals surface area contributed by atoms with Crippen LogP contribution in [0, 0.1) is 0 Å². The van der Waals surface area contributed by atoms with Crippen molar-refractivity contribution in [2.75, 3.05) is 0 Å². The number of nitrogens with one attached hydrogen (secondary N) is 1. The van der Waals surface area contributed by atoms with Gasteiger partial charge in [-0.2, -0.15) is 0 Å². The van der Waals surface area contributed by atoms with Crippen LogP contribution in [0.5, 0.6) is 0 Å². The molecule has 2 aromatic rings. The molecule has 0 aliphatic carbocycles. The summed E-state index contributed by atoms with van der Waals surface area (Å²) in [5.41, 5.74) is 1.51. The first-order chi connectivity index (χ1) is 11.1. The third-order valence-corrected chi connectivity index (χ3v) is 5.01. The van der Waals surface area contributed by atoms with Crippen LogP contribution in [-0.2, 0) is 11.3 Å². The average molecular weight is 366 g/mol. The van der Waals surface area contributed by atoms with E-state index >= 15 is 0 Å². The van der Waals surface area contributed by atoms with Crippen molar-refractivity contribution in [1.82, 2.24) is 9.88 Å².